The number of rotatable bonds is 3. The van der Waals surface area contributed by atoms with Crippen LogP contribution in [0.5, 0.6) is 11.5 Å². The summed E-state index contributed by atoms with van der Waals surface area (Å²) in [5.74, 6) is -2.55. The van der Waals surface area contributed by atoms with Crippen LogP contribution in [-0.2, 0) is 14.8 Å². The van der Waals surface area contributed by atoms with Crippen LogP contribution in [0, 0.1) is 5.82 Å². The molecule has 0 aliphatic carbocycles. The molecule has 128 valence electrons. The smallest absolute Gasteiger partial charge is 0.308 e. The molecule has 2 aromatic rings. The van der Waals surface area contributed by atoms with Gasteiger partial charge in [-0.05, 0) is 30.7 Å². The van der Waals surface area contributed by atoms with Gasteiger partial charge in [0.2, 0.25) is 21.5 Å². The number of esters is 1. The lowest BCUT2D eigenvalue weighted by molar-refractivity contribution is -0.132. The van der Waals surface area contributed by atoms with Gasteiger partial charge in [-0.1, -0.05) is 0 Å². The number of carbonyl (C=O) groups is 1. The quantitative estimate of drug-likeness (QED) is 0.848. The third-order valence-corrected chi connectivity index (χ3v) is 5.33. The van der Waals surface area contributed by atoms with Gasteiger partial charge in [-0.15, -0.1) is 0 Å². The summed E-state index contributed by atoms with van der Waals surface area (Å²) >= 11 is 0. The molecule has 1 N–H and O–H groups in total. The molecule has 1 aromatic heterocycles. The van der Waals surface area contributed by atoms with Gasteiger partial charge < -0.3 is 14.3 Å². The first kappa shape index (κ1) is 16.3. The molecule has 24 heavy (non-hydrogen) atoms. The standard InChI is InChI=1S/C15H14FNO6S/c1-9(18)22-14-12(19)13(10-3-5-11(16)6-4-10)23-15(14)17-7-2-8-24(17,20)21/h3-6,19H,2,7-8H2,1H3. The zero-order valence-electron chi connectivity index (χ0n) is 12.7. The van der Waals surface area contributed by atoms with Crippen molar-refractivity contribution in [2.75, 3.05) is 16.6 Å². The largest absolute Gasteiger partial charge is 0.502 e. The summed E-state index contributed by atoms with van der Waals surface area (Å²) in [7, 11) is -3.61. The van der Waals surface area contributed by atoms with Gasteiger partial charge in [0.05, 0.1) is 5.75 Å². The molecule has 9 heteroatoms. The van der Waals surface area contributed by atoms with Crippen LogP contribution in [0.2, 0.25) is 0 Å². The number of sulfonamides is 1. The summed E-state index contributed by atoms with van der Waals surface area (Å²) in [6.07, 6.45) is 0.384. The highest BCUT2D eigenvalue weighted by Crippen LogP contribution is 2.49. The summed E-state index contributed by atoms with van der Waals surface area (Å²) in [5, 5.41) is 10.3. The molecule has 1 aromatic carbocycles. The number of aromatic hydroxyl groups is 1. The Bertz CT molecular complexity index is 887. The van der Waals surface area contributed by atoms with Crippen LogP contribution in [-0.4, -0.2) is 31.8 Å². The first-order valence-corrected chi connectivity index (χ1v) is 8.71. The molecule has 1 aliphatic rings. The lowest BCUT2D eigenvalue weighted by Gasteiger charge is -2.14. The average molecular weight is 355 g/mol. The molecule has 0 saturated carbocycles. The fourth-order valence-electron chi connectivity index (χ4n) is 2.46. The molecule has 0 unspecified atom stereocenters. The highest BCUT2D eigenvalue weighted by atomic mass is 32.2. The van der Waals surface area contributed by atoms with Gasteiger partial charge in [-0.2, -0.15) is 0 Å². The third-order valence-electron chi connectivity index (χ3n) is 3.50. The molecular weight excluding hydrogens is 341 g/mol. The minimum absolute atomic E-state index is 0.0696. The molecule has 1 aliphatic heterocycles. The van der Waals surface area contributed by atoms with Crippen molar-refractivity contribution in [2.24, 2.45) is 0 Å². The zero-order valence-corrected chi connectivity index (χ0v) is 13.5. The van der Waals surface area contributed by atoms with E-state index in [4.69, 9.17) is 9.15 Å². The van der Waals surface area contributed by atoms with Crippen molar-refractivity contribution in [1.82, 2.24) is 0 Å². The van der Waals surface area contributed by atoms with Crippen LogP contribution in [0.25, 0.3) is 11.3 Å². The Hall–Kier alpha value is -2.55. The maximum Gasteiger partial charge on any atom is 0.308 e. The maximum absolute atomic E-state index is 13.1. The molecule has 1 fully saturated rings. The van der Waals surface area contributed by atoms with E-state index in [-0.39, 0.29) is 29.7 Å². The second-order valence-corrected chi connectivity index (χ2v) is 7.27. The Labute approximate surface area is 137 Å². The van der Waals surface area contributed by atoms with Crippen molar-refractivity contribution in [3.8, 4) is 22.8 Å². The molecule has 7 nitrogen and oxygen atoms in total. The number of hydrogen-bond acceptors (Lipinski definition) is 6. The van der Waals surface area contributed by atoms with Crippen molar-refractivity contribution in [3.05, 3.63) is 30.1 Å². The zero-order chi connectivity index (χ0) is 17.5. The number of hydrogen-bond donors (Lipinski definition) is 1. The van der Waals surface area contributed by atoms with E-state index in [9.17, 15) is 22.7 Å². The highest BCUT2D eigenvalue weighted by molar-refractivity contribution is 7.93. The SMILES string of the molecule is CC(=O)Oc1c(N2CCCS2(=O)=O)oc(-c2ccc(F)cc2)c1O. The Morgan fingerprint density at radius 3 is 2.54 bits per heavy atom. The van der Waals surface area contributed by atoms with Crippen LogP contribution in [0.15, 0.2) is 28.7 Å². The van der Waals surface area contributed by atoms with E-state index in [1.807, 2.05) is 0 Å². The number of ether oxygens (including phenoxy) is 1. The number of carbonyl (C=O) groups excluding carboxylic acids is 1. The molecule has 2 heterocycles. The lowest BCUT2D eigenvalue weighted by atomic mass is 10.1. The minimum Gasteiger partial charge on any atom is -0.502 e. The van der Waals surface area contributed by atoms with Gasteiger partial charge in [0, 0.05) is 19.0 Å². The van der Waals surface area contributed by atoms with Gasteiger partial charge in [-0.25, -0.2) is 17.1 Å². The fraction of sp³-hybridized carbons (Fsp3) is 0.267. The van der Waals surface area contributed by atoms with Gasteiger partial charge in [0.1, 0.15) is 5.82 Å². The van der Waals surface area contributed by atoms with Gasteiger partial charge >= 0.3 is 5.97 Å². The van der Waals surface area contributed by atoms with Crippen molar-refractivity contribution in [3.63, 3.8) is 0 Å². The van der Waals surface area contributed by atoms with E-state index < -0.39 is 27.6 Å². The highest BCUT2D eigenvalue weighted by Gasteiger charge is 2.37. The van der Waals surface area contributed by atoms with Crippen LogP contribution in [0.4, 0.5) is 10.3 Å². The topological polar surface area (TPSA) is 97.0 Å². The van der Waals surface area contributed by atoms with E-state index in [1.165, 1.54) is 12.1 Å². The lowest BCUT2D eigenvalue weighted by Crippen LogP contribution is -2.25. The Balaban J connectivity index is 2.15. The molecule has 3 rings (SSSR count). The monoisotopic (exact) mass is 355 g/mol. The molecule has 0 radical (unpaired) electrons. The van der Waals surface area contributed by atoms with Gasteiger partial charge in [0.25, 0.3) is 5.88 Å². The van der Waals surface area contributed by atoms with Crippen LogP contribution < -0.4 is 9.04 Å². The van der Waals surface area contributed by atoms with Crippen LogP contribution >= 0.6 is 0 Å². The van der Waals surface area contributed by atoms with Gasteiger partial charge in [0.15, 0.2) is 5.76 Å². The summed E-state index contributed by atoms with van der Waals surface area (Å²) in [6, 6.07) is 5.03. The summed E-state index contributed by atoms with van der Waals surface area (Å²) in [5.41, 5.74) is 0.310. The third kappa shape index (κ3) is 2.82. The van der Waals surface area contributed by atoms with Crippen molar-refractivity contribution >= 4 is 21.9 Å². The minimum atomic E-state index is -3.61. The number of halogens is 1. The number of nitrogens with zero attached hydrogens (tertiary/aromatic N) is 1. The van der Waals surface area contributed by atoms with E-state index in [1.54, 1.807) is 0 Å². The first-order valence-electron chi connectivity index (χ1n) is 7.10. The average Bonchev–Trinajstić information content (AvgIpc) is 3.00. The second kappa shape index (κ2) is 5.82. The molecule has 0 spiro atoms. The van der Waals surface area contributed by atoms with Crippen LogP contribution in [0.3, 0.4) is 0 Å². The predicted octanol–water partition coefficient (Wildman–Crippen LogP) is 2.26. The summed E-state index contributed by atoms with van der Waals surface area (Å²) in [6.45, 7) is 1.26. The predicted molar refractivity (Wildman–Crippen MR) is 82.8 cm³/mol. The molecule has 1 saturated heterocycles. The number of furan rings is 1. The Morgan fingerprint density at radius 1 is 1.33 bits per heavy atom. The molecular formula is C15H14FNO6S. The van der Waals surface area contributed by atoms with Crippen molar-refractivity contribution < 1.29 is 31.9 Å². The Kier molecular flexibility index (Phi) is 3.96. The second-order valence-electron chi connectivity index (χ2n) is 5.26. The summed E-state index contributed by atoms with van der Waals surface area (Å²) in [4.78, 5) is 11.3. The number of benzene rings is 1. The fourth-order valence-corrected chi connectivity index (χ4v) is 3.95. The normalized spacial score (nSPS) is 16.3. The van der Waals surface area contributed by atoms with E-state index in [0.29, 0.717) is 12.0 Å². The van der Waals surface area contributed by atoms with Gasteiger partial charge in [-0.3, -0.25) is 4.79 Å². The first-order chi connectivity index (χ1) is 11.3. The van der Waals surface area contributed by atoms with E-state index in [0.717, 1.165) is 23.4 Å². The maximum atomic E-state index is 13.1. The van der Waals surface area contributed by atoms with Crippen molar-refractivity contribution in [1.29, 1.82) is 0 Å². The molecule has 0 amide bonds. The van der Waals surface area contributed by atoms with E-state index >= 15 is 0 Å². The molecule has 0 atom stereocenters. The Morgan fingerprint density at radius 2 is 2.00 bits per heavy atom. The summed E-state index contributed by atoms with van der Waals surface area (Å²) < 4.78 is 48.6. The number of anilines is 1. The van der Waals surface area contributed by atoms with Crippen LogP contribution in [0.1, 0.15) is 13.3 Å². The van der Waals surface area contributed by atoms with Crippen molar-refractivity contribution in [2.45, 2.75) is 13.3 Å². The molecule has 0 bridgehead atoms. The van der Waals surface area contributed by atoms with E-state index in [2.05, 4.69) is 0 Å².